The van der Waals surface area contributed by atoms with Crippen molar-refractivity contribution in [1.82, 2.24) is 15.5 Å². The Kier molecular flexibility index (Phi) is 4.59. The summed E-state index contributed by atoms with van der Waals surface area (Å²) in [5.74, 6) is 3.58. The van der Waals surface area contributed by atoms with Gasteiger partial charge in [0, 0.05) is 22.9 Å². The summed E-state index contributed by atoms with van der Waals surface area (Å²) >= 11 is 3.25. The lowest BCUT2D eigenvalue weighted by Crippen LogP contribution is -2.30. The Labute approximate surface area is 124 Å². The van der Waals surface area contributed by atoms with Gasteiger partial charge in [-0.1, -0.05) is 17.3 Å². The molecular formula is C13H14FN3OS2. The molecule has 1 saturated heterocycles. The molecule has 1 aromatic carbocycles. The Hall–Kier alpha value is -1.05. The second kappa shape index (κ2) is 6.60. The first-order valence-electron chi connectivity index (χ1n) is 6.34. The lowest BCUT2D eigenvalue weighted by Gasteiger charge is -2.19. The molecule has 7 heteroatoms. The van der Waals surface area contributed by atoms with Gasteiger partial charge in [-0.05, 0) is 12.1 Å². The number of halogens is 1. The van der Waals surface area contributed by atoms with E-state index < -0.39 is 0 Å². The molecule has 0 radical (unpaired) electrons. The summed E-state index contributed by atoms with van der Waals surface area (Å²) in [5, 5.41) is 7.31. The number of nitrogens with zero attached hydrogens (tertiary/aromatic N) is 2. The smallest absolute Gasteiger partial charge is 0.244 e. The maximum atomic E-state index is 13.5. The van der Waals surface area contributed by atoms with Crippen LogP contribution in [0.2, 0.25) is 0 Å². The first-order valence-corrected chi connectivity index (χ1v) is 8.48. The number of nitrogens with one attached hydrogen (secondary N) is 1. The standard InChI is InChI=1S/C13H14FN3OS2/c14-9-3-1-2-4-11(9)20-8-12-16-13(18-17-12)10-7-19-6-5-15-10/h1-4,10,15H,5-8H2. The van der Waals surface area contributed by atoms with Gasteiger partial charge in [0.2, 0.25) is 5.89 Å². The summed E-state index contributed by atoms with van der Waals surface area (Å²) in [6.45, 7) is 0.955. The second-order valence-electron chi connectivity index (χ2n) is 4.35. The third kappa shape index (κ3) is 3.34. The summed E-state index contributed by atoms with van der Waals surface area (Å²) in [4.78, 5) is 4.98. The molecule has 0 saturated carbocycles. The molecule has 0 amide bonds. The third-order valence-corrected chi connectivity index (χ3v) is 5.00. The molecule has 0 aliphatic carbocycles. The number of aromatic nitrogens is 2. The van der Waals surface area contributed by atoms with Crippen LogP contribution in [0.4, 0.5) is 4.39 Å². The van der Waals surface area contributed by atoms with Crippen LogP contribution in [0.25, 0.3) is 0 Å². The van der Waals surface area contributed by atoms with Crippen LogP contribution in [0.1, 0.15) is 17.8 Å². The van der Waals surface area contributed by atoms with Crippen molar-refractivity contribution in [3.05, 3.63) is 41.8 Å². The molecule has 1 fully saturated rings. The molecule has 106 valence electrons. The van der Waals surface area contributed by atoms with Crippen LogP contribution in [0.15, 0.2) is 33.7 Å². The molecule has 1 N–H and O–H groups in total. The summed E-state index contributed by atoms with van der Waals surface area (Å²) in [5.41, 5.74) is 0. The minimum absolute atomic E-state index is 0.133. The van der Waals surface area contributed by atoms with E-state index in [2.05, 4.69) is 15.5 Å². The molecule has 1 aromatic heterocycles. The lowest BCUT2D eigenvalue weighted by atomic mass is 10.3. The number of rotatable bonds is 4. The van der Waals surface area contributed by atoms with Crippen molar-refractivity contribution in [2.45, 2.75) is 16.7 Å². The molecule has 1 atom stereocenters. The normalized spacial score (nSPS) is 19.1. The van der Waals surface area contributed by atoms with E-state index in [4.69, 9.17) is 4.52 Å². The van der Waals surface area contributed by atoms with Gasteiger partial charge in [-0.15, -0.1) is 11.8 Å². The first-order chi connectivity index (χ1) is 9.83. The van der Waals surface area contributed by atoms with Gasteiger partial charge in [-0.2, -0.15) is 16.7 Å². The first kappa shape index (κ1) is 13.9. The number of hydrogen-bond donors (Lipinski definition) is 1. The van der Waals surface area contributed by atoms with Gasteiger partial charge < -0.3 is 9.84 Å². The Morgan fingerprint density at radius 2 is 2.35 bits per heavy atom. The predicted molar refractivity (Wildman–Crippen MR) is 78.3 cm³/mol. The Bertz CT molecular complexity index is 572. The number of hydrogen-bond acceptors (Lipinski definition) is 6. The van der Waals surface area contributed by atoms with Gasteiger partial charge in [0.15, 0.2) is 5.82 Å². The molecular weight excluding hydrogens is 297 g/mol. The highest BCUT2D eigenvalue weighted by molar-refractivity contribution is 7.99. The van der Waals surface area contributed by atoms with Crippen molar-refractivity contribution in [3.8, 4) is 0 Å². The van der Waals surface area contributed by atoms with Crippen LogP contribution >= 0.6 is 23.5 Å². The largest absolute Gasteiger partial charge is 0.338 e. The fourth-order valence-electron chi connectivity index (χ4n) is 1.90. The molecule has 0 spiro atoms. The summed E-state index contributed by atoms with van der Waals surface area (Å²) in [6, 6.07) is 6.83. The lowest BCUT2D eigenvalue weighted by molar-refractivity contribution is 0.339. The topological polar surface area (TPSA) is 51.0 Å². The molecule has 3 rings (SSSR count). The average molecular weight is 311 g/mol. The molecule has 0 bridgehead atoms. The molecule has 1 aliphatic heterocycles. The van der Waals surface area contributed by atoms with Crippen molar-refractivity contribution < 1.29 is 8.91 Å². The SMILES string of the molecule is Fc1ccccc1SCc1noc(C2CSCCN2)n1. The van der Waals surface area contributed by atoms with Crippen LogP contribution < -0.4 is 5.32 Å². The van der Waals surface area contributed by atoms with Gasteiger partial charge in [-0.3, -0.25) is 0 Å². The van der Waals surface area contributed by atoms with Crippen LogP contribution in [0.3, 0.4) is 0 Å². The quantitative estimate of drug-likeness (QED) is 0.876. The van der Waals surface area contributed by atoms with Gasteiger partial charge in [0.1, 0.15) is 5.82 Å². The monoisotopic (exact) mass is 311 g/mol. The van der Waals surface area contributed by atoms with Crippen molar-refractivity contribution in [2.24, 2.45) is 0 Å². The highest BCUT2D eigenvalue weighted by atomic mass is 32.2. The predicted octanol–water partition coefficient (Wildman–Crippen LogP) is 2.88. The van der Waals surface area contributed by atoms with Crippen molar-refractivity contribution >= 4 is 23.5 Å². The van der Waals surface area contributed by atoms with Crippen molar-refractivity contribution in [3.63, 3.8) is 0 Å². The van der Waals surface area contributed by atoms with E-state index in [0.29, 0.717) is 22.4 Å². The van der Waals surface area contributed by atoms with E-state index >= 15 is 0 Å². The van der Waals surface area contributed by atoms with Crippen LogP contribution in [-0.2, 0) is 5.75 Å². The number of thioether (sulfide) groups is 2. The maximum Gasteiger partial charge on any atom is 0.244 e. The van der Waals surface area contributed by atoms with E-state index in [1.54, 1.807) is 12.1 Å². The van der Waals surface area contributed by atoms with Crippen molar-refractivity contribution in [2.75, 3.05) is 18.1 Å². The molecule has 4 nitrogen and oxygen atoms in total. The third-order valence-electron chi connectivity index (χ3n) is 2.90. The molecule has 1 aliphatic rings. The number of benzene rings is 1. The van der Waals surface area contributed by atoms with Gasteiger partial charge in [-0.25, -0.2) is 4.39 Å². The van der Waals surface area contributed by atoms with E-state index in [-0.39, 0.29) is 11.9 Å². The maximum absolute atomic E-state index is 13.5. The van der Waals surface area contributed by atoms with Gasteiger partial charge in [0.25, 0.3) is 0 Å². The van der Waals surface area contributed by atoms with Crippen molar-refractivity contribution in [1.29, 1.82) is 0 Å². The molecule has 1 unspecified atom stereocenters. The van der Waals surface area contributed by atoms with Gasteiger partial charge >= 0.3 is 0 Å². The Balaban J connectivity index is 1.61. The fraction of sp³-hybridized carbons (Fsp3) is 0.385. The van der Waals surface area contributed by atoms with E-state index in [1.165, 1.54) is 17.8 Å². The summed E-state index contributed by atoms with van der Waals surface area (Å²) in [6.07, 6.45) is 0. The molecule has 2 heterocycles. The summed E-state index contributed by atoms with van der Waals surface area (Å²) < 4.78 is 18.8. The van der Waals surface area contributed by atoms with Gasteiger partial charge in [0.05, 0.1) is 11.8 Å². The molecule has 20 heavy (non-hydrogen) atoms. The zero-order valence-corrected chi connectivity index (χ0v) is 12.3. The Morgan fingerprint density at radius 1 is 1.45 bits per heavy atom. The fourth-order valence-corrected chi connectivity index (χ4v) is 3.60. The molecule has 2 aromatic rings. The zero-order valence-electron chi connectivity index (χ0n) is 10.7. The van der Waals surface area contributed by atoms with Crippen LogP contribution in [-0.4, -0.2) is 28.2 Å². The summed E-state index contributed by atoms with van der Waals surface area (Å²) in [7, 11) is 0. The van der Waals surface area contributed by atoms with Crippen LogP contribution in [0.5, 0.6) is 0 Å². The van der Waals surface area contributed by atoms with E-state index in [1.807, 2.05) is 17.8 Å². The van der Waals surface area contributed by atoms with E-state index in [9.17, 15) is 4.39 Å². The zero-order chi connectivity index (χ0) is 13.8. The second-order valence-corrected chi connectivity index (χ2v) is 6.52. The van der Waals surface area contributed by atoms with Crippen LogP contribution in [0, 0.1) is 5.82 Å². The highest BCUT2D eigenvalue weighted by Crippen LogP contribution is 2.25. The highest BCUT2D eigenvalue weighted by Gasteiger charge is 2.21. The average Bonchev–Trinajstić information content (AvgIpc) is 2.96. The Morgan fingerprint density at radius 3 is 3.15 bits per heavy atom. The minimum atomic E-state index is -0.216. The van der Waals surface area contributed by atoms with E-state index in [0.717, 1.165) is 18.1 Å². The minimum Gasteiger partial charge on any atom is -0.338 e.